The quantitative estimate of drug-likeness (QED) is 0.657. The number of hydrogen-bond donors (Lipinski definition) is 0. The lowest BCUT2D eigenvalue weighted by atomic mass is 9.99. The summed E-state index contributed by atoms with van der Waals surface area (Å²) < 4.78 is 34.5. The predicted octanol–water partition coefficient (Wildman–Crippen LogP) is 1.94. The lowest BCUT2D eigenvalue weighted by molar-refractivity contribution is -0.135. The lowest BCUT2D eigenvalue weighted by Gasteiger charge is -2.33. The van der Waals surface area contributed by atoms with Gasteiger partial charge in [-0.25, -0.2) is 13.2 Å². The fourth-order valence-corrected chi connectivity index (χ4v) is 6.11. The molecule has 0 aliphatic carbocycles. The molecule has 31 heavy (non-hydrogen) atoms. The van der Waals surface area contributed by atoms with Gasteiger partial charge in [0.1, 0.15) is 16.6 Å². The summed E-state index contributed by atoms with van der Waals surface area (Å²) >= 11 is 0. The molecule has 1 atom stereocenters. The van der Waals surface area contributed by atoms with Gasteiger partial charge in [0, 0.05) is 32.9 Å². The Morgan fingerprint density at radius 2 is 1.90 bits per heavy atom. The van der Waals surface area contributed by atoms with Gasteiger partial charge in [0.05, 0.1) is 6.61 Å². The minimum atomic E-state index is -3.92. The van der Waals surface area contributed by atoms with Crippen molar-refractivity contribution >= 4 is 21.9 Å². The van der Waals surface area contributed by atoms with E-state index in [4.69, 9.17) is 4.74 Å². The maximum absolute atomic E-state index is 13.4. The van der Waals surface area contributed by atoms with Crippen molar-refractivity contribution in [2.24, 2.45) is 7.05 Å². The van der Waals surface area contributed by atoms with E-state index in [1.54, 1.807) is 18.9 Å². The molecule has 3 heterocycles. The zero-order chi connectivity index (χ0) is 22.2. The molecule has 2 aliphatic rings. The van der Waals surface area contributed by atoms with Crippen LogP contribution in [0, 0.1) is 0 Å². The Balaban J connectivity index is 1.56. The Hall–Kier alpha value is -2.65. The zero-order valence-electron chi connectivity index (χ0n) is 17.8. The minimum Gasteiger partial charge on any atom is -0.461 e. The van der Waals surface area contributed by atoms with Gasteiger partial charge >= 0.3 is 5.97 Å². The van der Waals surface area contributed by atoms with Gasteiger partial charge in [0.15, 0.2) is 0 Å². The van der Waals surface area contributed by atoms with Gasteiger partial charge in [0.25, 0.3) is 0 Å². The third-order valence-electron chi connectivity index (χ3n) is 6.00. The van der Waals surface area contributed by atoms with Crippen LogP contribution in [0.15, 0.2) is 41.4 Å². The van der Waals surface area contributed by atoms with E-state index in [0.29, 0.717) is 25.9 Å². The summed E-state index contributed by atoms with van der Waals surface area (Å²) in [6, 6.07) is 8.63. The van der Waals surface area contributed by atoms with E-state index in [2.05, 4.69) is 6.07 Å². The van der Waals surface area contributed by atoms with Gasteiger partial charge in [0.2, 0.25) is 15.9 Å². The van der Waals surface area contributed by atoms with Crippen LogP contribution < -0.4 is 0 Å². The Morgan fingerprint density at radius 1 is 1.16 bits per heavy atom. The zero-order valence-corrected chi connectivity index (χ0v) is 18.6. The molecule has 1 amide bonds. The van der Waals surface area contributed by atoms with Gasteiger partial charge in [-0.3, -0.25) is 4.79 Å². The van der Waals surface area contributed by atoms with Crippen LogP contribution in [0.2, 0.25) is 0 Å². The van der Waals surface area contributed by atoms with E-state index >= 15 is 0 Å². The Labute approximate surface area is 182 Å². The molecule has 4 rings (SSSR count). The van der Waals surface area contributed by atoms with Gasteiger partial charge in [-0.1, -0.05) is 24.3 Å². The number of nitrogens with zero attached hydrogens (tertiary/aromatic N) is 3. The number of aromatic nitrogens is 1. The third-order valence-corrected chi connectivity index (χ3v) is 7.88. The predicted molar refractivity (Wildman–Crippen MR) is 114 cm³/mol. The van der Waals surface area contributed by atoms with E-state index in [1.807, 2.05) is 18.2 Å². The molecular formula is C22H27N3O5S. The molecule has 1 aromatic heterocycles. The van der Waals surface area contributed by atoms with E-state index in [-0.39, 0.29) is 29.6 Å². The van der Waals surface area contributed by atoms with E-state index in [0.717, 1.165) is 12.0 Å². The highest BCUT2D eigenvalue weighted by Crippen LogP contribution is 2.30. The topological polar surface area (TPSA) is 88.9 Å². The van der Waals surface area contributed by atoms with E-state index in [9.17, 15) is 18.0 Å². The summed E-state index contributed by atoms with van der Waals surface area (Å²) in [6.07, 6.45) is 3.28. The summed E-state index contributed by atoms with van der Waals surface area (Å²) in [5, 5.41) is 0. The van der Waals surface area contributed by atoms with Crippen molar-refractivity contribution in [2.75, 3.05) is 19.7 Å². The number of fused-ring (bicyclic) bond motifs is 1. The Bertz CT molecular complexity index is 1110. The van der Waals surface area contributed by atoms with Crippen molar-refractivity contribution in [3.8, 4) is 0 Å². The summed E-state index contributed by atoms with van der Waals surface area (Å²) in [6.45, 7) is 3.26. The third kappa shape index (κ3) is 3.99. The largest absolute Gasteiger partial charge is 0.461 e. The summed E-state index contributed by atoms with van der Waals surface area (Å²) in [5.41, 5.74) is 2.50. The van der Waals surface area contributed by atoms with E-state index < -0.39 is 22.0 Å². The van der Waals surface area contributed by atoms with Crippen LogP contribution in [0.4, 0.5) is 0 Å². The average molecular weight is 446 g/mol. The van der Waals surface area contributed by atoms with Crippen molar-refractivity contribution in [3.05, 3.63) is 53.3 Å². The van der Waals surface area contributed by atoms with Crippen LogP contribution >= 0.6 is 0 Å². The Morgan fingerprint density at radius 3 is 2.65 bits per heavy atom. The smallest absolute Gasteiger partial charge is 0.354 e. The first-order chi connectivity index (χ1) is 14.8. The van der Waals surface area contributed by atoms with Crippen LogP contribution in [-0.4, -0.2) is 59.8 Å². The van der Waals surface area contributed by atoms with Gasteiger partial charge in [-0.15, -0.1) is 0 Å². The maximum atomic E-state index is 13.4. The van der Waals surface area contributed by atoms with Gasteiger partial charge < -0.3 is 14.2 Å². The van der Waals surface area contributed by atoms with Crippen molar-refractivity contribution < 1.29 is 22.7 Å². The molecule has 166 valence electrons. The molecule has 9 heteroatoms. The SMILES string of the molecule is CCOC(=O)c1cc(S(=O)(=O)N2CCC[C@H]2C(=O)N2CCc3ccccc3C2)cn1C. The van der Waals surface area contributed by atoms with Crippen LogP contribution in [0.5, 0.6) is 0 Å². The molecule has 2 aliphatic heterocycles. The second-order valence-electron chi connectivity index (χ2n) is 7.94. The monoisotopic (exact) mass is 445 g/mol. The summed E-state index contributed by atoms with van der Waals surface area (Å²) in [7, 11) is -2.32. The highest BCUT2D eigenvalue weighted by molar-refractivity contribution is 7.89. The molecule has 0 spiro atoms. The normalized spacial score (nSPS) is 19.3. The van der Waals surface area contributed by atoms with Crippen LogP contribution in [0.1, 0.15) is 41.4 Å². The fourth-order valence-electron chi connectivity index (χ4n) is 4.39. The molecule has 0 N–H and O–H groups in total. The number of sulfonamides is 1. The molecule has 0 bridgehead atoms. The number of rotatable bonds is 5. The van der Waals surface area contributed by atoms with Crippen molar-refractivity contribution in [3.63, 3.8) is 0 Å². The van der Waals surface area contributed by atoms with Crippen molar-refractivity contribution in [1.29, 1.82) is 0 Å². The highest BCUT2D eigenvalue weighted by Gasteiger charge is 2.42. The minimum absolute atomic E-state index is 0.00161. The first kappa shape index (κ1) is 21.6. The number of amides is 1. The molecular weight excluding hydrogens is 418 g/mol. The summed E-state index contributed by atoms with van der Waals surface area (Å²) in [4.78, 5) is 27.2. The number of esters is 1. The molecule has 0 unspecified atom stereocenters. The first-order valence-corrected chi connectivity index (χ1v) is 12.0. The summed E-state index contributed by atoms with van der Waals surface area (Å²) in [5.74, 6) is -0.732. The fraction of sp³-hybridized carbons (Fsp3) is 0.455. The van der Waals surface area contributed by atoms with Gasteiger partial charge in [-0.05, 0) is 43.4 Å². The van der Waals surface area contributed by atoms with Crippen LogP contribution in [0.3, 0.4) is 0 Å². The maximum Gasteiger partial charge on any atom is 0.354 e. The molecule has 0 radical (unpaired) electrons. The number of aryl methyl sites for hydroxylation is 1. The molecule has 1 saturated heterocycles. The van der Waals surface area contributed by atoms with Crippen molar-refractivity contribution in [2.45, 2.75) is 43.7 Å². The van der Waals surface area contributed by atoms with Crippen molar-refractivity contribution in [1.82, 2.24) is 13.8 Å². The average Bonchev–Trinajstić information content (AvgIpc) is 3.41. The molecule has 0 saturated carbocycles. The van der Waals surface area contributed by atoms with E-state index in [1.165, 1.54) is 26.7 Å². The molecule has 1 aromatic carbocycles. The van der Waals surface area contributed by atoms with Crippen LogP contribution in [0.25, 0.3) is 0 Å². The first-order valence-electron chi connectivity index (χ1n) is 10.5. The highest BCUT2D eigenvalue weighted by atomic mass is 32.2. The second kappa shape index (κ2) is 8.47. The Kier molecular flexibility index (Phi) is 5.90. The van der Waals surface area contributed by atoms with Crippen LogP contribution in [-0.2, 0) is 39.6 Å². The number of benzene rings is 1. The number of carbonyl (C=O) groups is 2. The molecule has 8 nitrogen and oxygen atoms in total. The van der Waals surface area contributed by atoms with Gasteiger partial charge in [-0.2, -0.15) is 4.31 Å². The second-order valence-corrected chi connectivity index (χ2v) is 9.84. The lowest BCUT2D eigenvalue weighted by Crippen LogP contribution is -2.48. The number of carbonyl (C=O) groups excluding carboxylic acids is 2. The standard InChI is InChI=1S/C22H27N3O5S/c1-3-30-22(27)20-13-18(15-23(20)2)31(28,29)25-11-6-9-19(25)21(26)24-12-10-16-7-4-5-8-17(16)14-24/h4-5,7-8,13,15,19H,3,6,9-12,14H2,1-2H3/t19-/m0/s1. The molecule has 1 fully saturated rings. The number of hydrogen-bond acceptors (Lipinski definition) is 5. The molecule has 2 aromatic rings. The number of ether oxygens (including phenoxy) is 1.